The minimum absolute atomic E-state index is 0.0538. The summed E-state index contributed by atoms with van der Waals surface area (Å²) in [5, 5.41) is 7.27. The summed E-state index contributed by atoms with van der Waals surface area (Å²) in [5.41, 5.74) is 0. The second-order valence-electron chi connectivity index (χ2n) is 3.41. The van der Waals surface area contributed by atoms with E-state index in [0.29, 0.717) is 0 Å². The molecule has 0 saturated heterocycles. The molecule has 0 atom stereocenters. The van der Waals surface area contributed by atoms with Gasteiger partial charge in [0.25, 0.3) is 0 Å². The van der Waals surface area contributed by atoms with Gasteiger partial charge in [-0.1, -0.05) is 18.3 Å². The Morgan fingerprint density at radius 2 is 2.29 bits per heavy atom. The Labute approximate surface area is 88.0 Å². The number of aromatic amines is 1. The minimum atomic E-state index is -0.0538. The fraction of sp³-hybridized carbons (Fsp3) is 0.778. The Kier molecular flexibility index (Phi) is 4.82. The quantitative estimate of drug-likeness (QED) is 0.773. The number of hydrogen-bond acceptors (Lipinski definition) is 4. The third kappa shape index (κ3) is 4.02. The second kappa shape index (κ2) is 5.93. The van der Waals surface area contributed by atoms with E-state index in [0.717, 1.165) is 30.9 Å². The van der Waals surface area contributed by atoms with E-state index in [2.05, 4.69) is 29.1 Å². The number of hydrogen-bond donors (Lipinski definition) is 1. The van der Waals surface area contributed by atoms with Crippen molar-refractivity contribution in [1.82, 2.24) is 15.1 Å². The fourth-order valence-electron chi connectivity index (χ4n) is 1.36. The molecule has 1 N–H and O–H groups in total. The van der Waals surface area contributed by atoms with Crippen molar-refractivity contribution in [1.29, 1.82) is 0 Å². The number of nitrogens with one attached hydrogen (secondary N) is 1. The number of H-pyrrole nitrogens is 1. The zero-order chi connectivity index (χ0) is 10.4. The summed E-state index contributed by atoms with van der Waals surface area (Å²) < 4.78 is 0. The van der Waals surface area contributed by atoms with Gasteiger partial charge in [0.05, 0.1) is 0 Å². The van der Waals surface area contributed by atoms with Crippen LogP contribution >= 0.6 is 11.3 Å². The van der Waals surface area contributed by atoms with Crippen molar-refractivity contribution in [3.8, 4) is 0 Å². The molecule has 4 nitrogen and oxygen atoms in total. The van der Waals surface area contributed by atoms with Gasteiger partial charge in [-0.05, 0) is 33.0 Å². The van der Waals surface area contributed by atoms with Crippen LogP contribution in [0, 0.1) is 0 Å². The summed E-state index contributed by atoms with van der Waals surface area (Å²) in [5.74, 6) is 0. The first-order chi connectivity index (χ1) is 6.72. The Morgan fingerprint density at radius 3 is 2.86 bits per heavy atom. The fourth-order valence-corrected chi connectivity index (χ4v) is 2.00. The van der Waals surface area contributed by atoms with Crippen LogP contribution in [0.2, 0.25) is 0 Å². The maximum Gasteiger partial charge on any atom is 0.322 e. The lowest BCUT2D eigenvalue weighted by Gasteiger charge is -2.14. The van der Waals surface area contributed by atoms with Gasteiger partial charge in [0.2, 0.25) is 0 Å². The van der Waals surface area contributed by atoms with Crippen molar-refractivity contribution >= 4 is 11.3 Å². The van der Waals surface area contributed by atoms with Gasteiger partial charge in [-0.3, -0.25) is 4.79 Å². The molecule has 5 heteroatoms. The van der Waals surface area contributed by atoms with Crippen LogP contribution in [-0.2, 0) is 6.42 Å². The van der Waals surface area contributed by atoms with Crippen LogP contribution in [0.15, 0.2) is 4.79 Å². The molecule has 0 fully saturated rings. The number of aryl methyl sites for hydroxylation is 1. The van der Waals surface area contributed by atoms with Crippen molar-refractivity contribution in [2.24, 2.45) is 0 Å². The van der Waals surface area contributed by atoms with Crippen LogP contribution in [0.1, 0.15) is 24.8 Å². The standard InChI is InChI=1S/C9H17N3OS/c1-3-6-12(2)7-4-5-8-10-11-9(13)14-8/h3-7H2,1-2H3,(H,11,13). The summed E-state index contributed by atoms with van der Waals surface area (Å²) in [4.78, 5) is 13.0. The van der Waals surface area contributed by atoms with Gasteiger partial charge in [0, 0.05) is 6.42 Å². The number of rotatable bonds is 6. The molecule has 1 rings (SSSR count). The number of nitrogens with zero attached hydrogens (tertiary/aromatic N) is 2. The zero-order valence-corrected chi connectivity index (χ0v) is 9.56. The SMILES string of the molecule is CCCN(C)CCCc1n[nH]c(=O)s1. The van der Waals surface area contributed by atoms with E-state index in [1.54, 1.807) is 0 Å². The molecule has 0 saturated carbocycles. The molecule has 1 aromatic rings. The predicted molar refractivity (Wildman–Crippen MR) is 58.8 cm³/mol. The Morgan fingerprint density at radius 1 is 1.50 bits per heavy atom. The van der Waals surface area contributed by atoms with Gasteiger partial charge in [-0.15, -0.1) is 0 Å². The highest BCUT2D eigenvalue weighted by molar-refractivity contribution is 7.08. The van der Waals surface area contributed by atoms with Crippen molar-refractivity contribution < 1.29 is 0 Å². The largest absolute Gasteiger partial charge is 0.322 e. The summed E-state index contributed by atoms with van der Waals surface area (Å²) in [7, 11) is 2.12. The molecule has 0 bridgehead atoms. The molecule has 0 aliphatic rings. The molecular formula is C9H17N3OS. The average Bonchev–Trinajstić information content (AvgIpc) is 2.52. The molecule has 0 aliphatic carbocycles. The highest BCUT2D eigenvalue weighted by atomic mass is 32.1. The Hall–Kier alpha value is -0.680. The van der Waals surface area contributed by atoms with Crippen molar-refractivity contribution in [3.63, 3.8) is 0 Å². The summed E-state index contributed by atoms with van der Waals surface area (Å²) >= 11 is 1.21. The van der Waals surface area contributed by atoms with Crippen molar-refractivity contribution in [3.05, 3.63) is 14.7 Å². The predicted octanol–water partition coefficient (Wildman–Crippen LogP) is 1.11. The third-order valence-corrected chi connectivity index (χ3v) is 2.83. The lowest BCUT2D eigenvalue weighted by atomic mass is 10.3. The van der Waals surface area contributed by atoms with Crippen LogP contribution in [0.25, 0.3) is 0 Å². The van der Waals surface area contributed by atoms with Gasteiger partial charge >= 0.3 is 4.87 Å². The zero-order valence-electron chi connectivity index (χ0n) is 8.75. The summed E-state index contributed by atoms with van der Waals surface area (Å²) in [6, 6.07) is 0. The van der Waals surface area contributed by atoms with Gasteiger partial charge in [-0.2, -0.15) is 5.10 Å². The lowest BCUT2D eigenvalue weighted by molar-refractivity contribution is 0.330. The van der Waals surface area contributed by atoms with E-state index in [1.165, 1.54) is 17.8 Å². The highest BCUT2D eigenvalue weighted by Crippen LogP contribution is 2.01. The Balaban J connectivity index is 2.18. The van der Waals surface area contributed by atoms with Crippen LogP contribution in [0.4, 0.5) is 0 Å². The molecule has 0 aliphatic heterocycles. The third-order valence-electron chi connectivity index (χ3n) is 2.02. The number of aromatic nitrogens is 2. The maximum atomic E-state index is 10.8. The normalized spacial score (nSPS) is 11.1. The van der Waals surface area contributed by atoms with Gasteiger partial charge in [0.1, 0.15) is 5.01 Å². The van der Waals surface area contributed by atoms with E-state index in [1.807, 2.05) is 0 Å². The van der Waals surface area contributed by atoms with E-state index >= 15 is 0 Å². The van der Waals surface area contributed by atoms with Crippen LogP contribution in [0.5, 0.6) is 0 Å². The molecule has 0 unspecified atom stereocenters. The topological polar surface area (TPSA) is 49.0 Å². The molecule has 0 spiro atoms. The first-order valence-electron chi connectivity index (χ1n) is 4.95. The molecule has 1 heterocycles. The van der Waals surface area contributed by atoms with Gasteiger partial charge in [0.15, 0.2) is 0 Å². The van der Waals surface area contributed by atoms with E-state index in [9.17, 15) is 4.79 Å². The Bertz CT molecular complexity index is 307. The molecule has 0 radical (unpaired) electrons. The molecule has 14 heavy (non-hydrogen) atoms. The average molecular weight is 215 g/mol. The van der Waals surface area contributed by atoms with Crippen LogP contribution < -0.4 is 4.87 Å². The molecule has 0 aromatic carbocycles. The molecule has 1 aromatic heterocycles. The second-order valence-corrected chi connectivity index (χ2v) is 4.46. The van der Waals surface area contributed by atoms with Crippen LogP contribution in [0.3, 0.4) is 0 Å². The van der Waals surface area contributed by atoms with Crippen molar-refractivity contribution in [2.45, 2.75) is 26.2 Å². The highest BCUT2D eigenvalue weighted by Gasteiger charge is 2.01. The first kappa shape index (κ1) is 11.4. The van der Waals surface area contributed by atoms with E-state index in [-0.39, 0.29) is 4.87 Å². The maximum absolute atomic E-state index is 10.8. The lowest BCUT2D eigenvalue weighted by Crippen LogP contribution is -2.20. The minimum Gasteiger partial charge on any atom is -0.306 e. The monoisotopic (exact) mass is 215 g/mol. The smallest absolute Gasteiger partial charge is 0.306 e. The van der Waals surface area contributed by atoms with Crippen LogP contribution in [-0.4, -0.2) is 35.2 Å². The van der Waals surface area contributed by atoms with Crippen molar-refractivity contribution in [2.75, 3.05) is 20.1 Å². The molecule has 80 valence electrons. The molecular weight excluding hydrogens is 198 g/mol. The van der Waals surface area contributed by atoms with Gasteiger partial charge in [-0.25, -0.2) is 5.10 Å². The van der Waals surface area contributed by atoms with E-state index in [4.69, 9.17) is 0 Å². The van der Waals surface area contributed by atoms with Gasteiger partial charge < -0.3 is 4.90 Å². The van der Waals surface area contributed by atoms with E-state index < -0.39 is 0 Å². The first-order valence-corrected chi connectivity index (χ1v) is 5.77. The summed E-state index contributed by atoms with van der Waals surface area (Å²) in [6.45, 7) is 4.38. The summed E-state index contributed by atoms with van der Waals surface area (Å²) in [6.07, 6.45) is 3.15. The molecule has 0 amide bonds.